The third-order valence-corrected chi connectivity index (χ3v) is 5.08. The molecule has 1 aliphatic heterocycles. The van der Waals surface area contributed by atoms with E-state index < -0.39 is 0 Å². The van der Waals surface area contributed by atoms with Gasteiger partial charge in [0, 0.05) is 16.2 Å². The number of fused-ring (bicyclic) bond motifs is 1. The molecule has 6 heteroatoms. The van der Waals surface area contributed by atoms with Crippen LogP contribution in [0.1, 0.15) is 35.3 Å². The van der Waals surface area contributed by atoms with Crippen molar-refractivity contribution in [3.63, 3.8) is 0 Å². The SMILES string of the molecule is CC(=O)c1cccc(OCC(=O)N[C@H]2CCSc3ccc(F)cc32)c1. The highest BCUT2D eigenvalue weighted by molar-refractivity contribution is 7.99. The molecule has 0 aliphatic carbocycles. The minimum atomic E-state index is -0.308. The second-order valence-electron chi connectivity index (χ2n) is 5.81. The van der Waals surface area contributed by atoms with Gasteiger partial charge in [0.15, 0.2) is 12.4 Å². The van der Waals surface area contributed by atoms with Crippen LogP contribution >= 0.6 is 11.8 Å². The van der Waals surface area contributed by atoms with E-state index in [4.69, 9.17) is 4.74 Å². The van der Waals surface area contributed by atoms with Crippen LogP contribution in [0.5, 0.6) is 5.75 Å². The van der Waals surface area contributed by atoms with Gasteiger partial charge in [0.25, 0.3) is 5.91 Å². The van der Waals surface area contributed by atoms with E-state index in [0.717, 1.165) is 22.6 Å². The highest BCUT2D eigenvalue weighted by Crippen LogP contribution is 2.36. The normalized spacial score (nSPS) is 16.0. The highest BCUT2D eigenvalue weighted by Gasteiger charge is 2.23. The molecule has 2 aromatic carbocycles. The summed E-state index contributed by atoms with van der Waals surface area (Å²) in [5.74, 6) is 0.685. The fourth-order valence-electron chi connectivity index (χ4n) is 2.70. The van der Waals surface area contributed by atoms with Crippen molar-refractivity contribution in [2.45, 2.75) is 24.3 Å². The van der Waals surface area contributed by atoms with Crippen LogP contribution in [0.4, 0.5) is 4.39 Å². The molecule has 0 radical (unpaired) electrons. The van der Waals surface area contributed by atoms with E-state index in [1.807, 2.05) is 0 Å². The van der Waals surface area contributed by atoms with Crippen LogP contribution in [0.15, 0.2) is 47.4 Å². The second-order valence-corrected chi connectivity index (χ2v) is 6.95. The first-order valence-corrected chi connectivity index (χ1v) is 8.97. The molecule has 1 N–H and O–H groups in total. The zero-order chi connectivity index (χ0) is 17.8. The summed E-state index contributed by atoms with van der Waals surface area (Å²) in [4.78, 5) is 24.6. The molecular weight excluding hydrogens is 341 g/mol. The van der Waals surface area contributed by atoms with E-state index in [-0.39, 0.29) is 30.2 Å². The molecule has 2 aromatic rings. The first-order valence-electron chi connectivity index (χ1n) is 7.98. The third-order valence-electron chi connectivity index (χ3n) is 3.96. The maximum atomic E-state index is 13.5. The Morgan fingerprint density at radius 2 is 2.12 bits per heavy atom. The number of ether oxygens (including phenoxy) is 1. The number of hydrogen-bond acceptors (Lipinski definition) is 4. The number of amides is 1. The van der Waals surface area contributed by atoms with E-state index in [2.05, 4.69) is 5.32 Å². The number of carbonyl (C=O) groups is 2. The lowest BCUT2D eigenvalue weighted by molar-refractivity contribution is -0.123. The summed E-state index contributed by atoms with van der Waals surface area (Å²) in [7, 11) is 0. The van der Waals surface area contributed by atoms with Crippen LogP contribution in [0.2, 0.25) is 0 Å². The van der Waals surface area contributed by atoms with Crippen molar-refractivity contribution in [2.75, 3.05) is 12.4 Å². The Morgan fingerprint density at radius 1 is 1.28 bits per heavy atom. The van der Waals surface area contributed by atoms with Crippen molar-refractivity contribution in [3.05, 3.63) is 59.4 Å². The first-order chi connectivity index (χ1) is 12.0. The minimum Gasteiger partial charge on any atom is -0.484 e. The molecule has 0 saturated heterocycles. The molecule has 4 nitrogen and oxygen atoms in total. The van der Waals surface area contributed by atoms with Crippen molar-refractivity contribution in [1.82, 2.24) is 5.32 Å². The Bertz CT molecular complexity index is 809. The lowest BCUT2D eigenvalue weighted by Gasteiger charge is -2.26. The number of ketones is 1. The molecule has 0 fully saturated rings. The quantitative estimate of drug-likeness (QED) is 0.826. The molecule has 0 aromatic heterocycles. The average Bonchev–Trinajstić information content (AvgIpc) is 2.61. The molecule has 25 heavy (non-hydrogen) atoms. The standard InChI is InChI=1S/C19H18FNO3S/c1-12(22)13-3-2-4-15(9-13)24-11-19(23)21-17-7-8-25-18-6-5-14(20)10-16(17)18/h2-6,9-10,17H,7-8,11H2,1H3,(H,21,23)/t17-/m0/s1. The van der Waals surface area contributed by atoms with Gasteiger partial charge in [0.1, 0.15) is 11.6 Å². The number of rotatable bonds is 5. The van der Waals surface area contributed by atoms with Gasteiger partial charge in [-0.05, 0) is 49.2 Å². The Balaban J connectivity index is 1.61. The van der Waals surface area contributed by atoms with Gasteiger partial charge in [0.2, 0.25) is 0 Å². The molecule has 1 aliphatic rings. The van der Waals surface area contributed by atoms with Crippen LogP contribution in [-0.2, 0) is 4.79 Å². The molecule has 1 amide bonds. The van der Waals surface area contributed by atoms with Crippen molar-refractivity contribution in [1.29, 1.82) is 0 Å². The number of nitrogens with one attached hydrogen (secondary N) is 1. The number of halogens is 1. The summed E-state index contributed by atoms with van der Waals surface area (Å²) in [5, 5.41) is 2.90. The molecular formula is C19H18FNO3S. The number of thioether (sulfide) groups is 1. The summed E-state index contributed by atoms with van der Waals surface area (Å²) in [6, 6.07) is 11.1. The molecule has 3 rings (SSSR count). The van der Waals surface area contributed by atoms with Crippen molar-refractivity contribution < 1.29 is 18.7 Å². The van der Waals surface area contributed by atoms with Crippen LogP contribution in [0, 0.1) is 5.82 Å². The van der Waals surface area contributed by atoms with Crippen molar-refractivity contribution >= 4 is 23.5 Å². The molecule has 0 bridgehead atoms. The topological polar surface area (TPSA) is 55.4 Å². The zero-order valence-corrected chi connectivity index (χ0v) is 14.6. The molecule has 1 atom stereocenters. The fraction of sp³-hybridized carbons (Fsp3) is 0.263. The predicted molar refractivity (Wildman–Crippen MR) is 94.6 cm³/mol. The van der Waals surface area contributed by atoms with Crippen LogP contribution in [0.25, 0.3) is 0 Å². The largest absolute Gasteiger partial charge is 0.484 e. The van der Waals surface area contributed by atoms with Crippen LogP contribution in [-0.4, -0.2) is 24.1 Å². The van der Waals surface area contributed by atoms with Gasteiger partial charge in [0.05, 0.1) is 6.04 Å². The minimum absolute atomic E-state index is 0.0618. The Morgan fingerprint density at radius 3 is 2.92 bits per heavy atom. The summed E-state index contributed by atoms with van der Waals surface area (Å²) in [6.07, 6.45) is 0.743. The smallest absolute Gasteiger partial charge is 0.258 e. The molecule has 0 spiro atoms. The monoisotopic (exact) mass is 359 g/mol. The fourth-order valence-corrected chi connectivity index (χ4v) is 3.81. The third kappa shape index (κ3) is 4.39. The van der Waals surface area contributed by atoms with Gasteiger partial charge in [-0.2, -0.15) is 0 Å². The number of benzene rings is 2. The molecule has 130 valence electrons. The first kappa shape index (κ1) is 17.5. The molecule has 0 unspecified atom stereocenters. The Kier molecular flexibility index (Phi) is 5.38. The van der Waals surface area contributed by atoms with Gasteiger partial charge >= 0.3 is 0 Å². The van der Waals surface area contributed by atoms with Gasteiger partial charge in [-0.25, -0.2) is 4.39 Å². The van der Waals surface area contributed by atoms with Crippen LogP contribution in [0.3, 0.4) is 0 Å². The number of carbonyl (C=O) groups excluding carboxylic acids is 2. The average molecular weight is 359 g/mol. The summed E-state index contributed by atoms with van der Waals surface area (Å²) < 4.78 is 19.0. The predicted octanol–water partition coefficient (Wildman–Crippen LogP) is 3.76. The second kappa shape index (κ2) is 7.70. The van der Waals surface area contributed by atoms with Crippen molar-refractivity contribution in [3.8, 4) is 5.75 Å². The van der Waals surface area contributed by atoms with E-state index in [0.29, 0.717) is 11.3 Å². The van der Waals surface area contributed by atoms with Crippen molar-refractivity contribution in [2.24, 2.45) is 0 Å². The molecule has 0 saturated carbocycles. The maximum Gasteiger partial charge on any atom is 0.258 e. The van der Waals surface area contributed by atoms with Gasteiger partial charge < -0.3 is 10.1 Å². The lowest BCUT2D eigenvalue weighted by Crippen LogP contribution is -2.34. The highest BCUT2D eigenvalue weighted by atomic mass is 32.2. The summed E-state index contributed by atoms with van der Waals surface area (Å²) in [6.45, 7) is 1.32. The van der Waals surface area contributed by atoms with E-state index >= 15 is 0 Å². The van der Waals surface area contributed by atoms with E-state index in [9.17, 15) is 14.0 Å². The van der Waals surface area contributed by atoms with Gasteiger partial charge in [-0.3, -0.25) is 9.59 Å². The molecule has 1 heterocycles. The number of Topliss-reactive ketones (excluding diaryl/α,β-unsaturated/α-hetero) is 1. The Labute approximate surface area is 149 Å². The van der Waals surface area contributed by atoms with E-state index in [1.54, 1.807) is 42.1 Å². The van der Waals surface area contributed by atoms with Crippen LogP contribution < -0.4 is 10.1 Å². The summed E-state index contributed by atoms with van der Waals surface area (Å²) >= 11 is 1.66. The summed E-state index contributed by atoms with van der Waals surface area (Å²) in [5.41, 5.74) is 1.34. The maximum absolute atomic E-state index is 13.5. The van der Waals surface area contributed by atoms with Gasteiger partial charge in [-0.1, -0.05) is 12.1 Å². The van der Waals surface area contributed by atoms with E-state index in [1.165, 1.54) is 19.1 Å². The Hall–Kier alpha value is -2.34. The van der Waals surface area contributed by atoms with Gasteiger partial charge in [-0.15, -0.1) is 11.8 Å². The zero-order valence-electron chi connectivity index (χ0n) is 13.8. The number of hydrogen-bond donors (Lipinski definition) is 1. The lowest BCUT2D eigenvalue weighted by atomic mass is 10.0.